The normalized spacial score (nSPS) is 14.2. The molecule has 0 amide bonds. The Bertz CT molecular complexity index is 990. The zero-order chi connectivity index (χ0) is 20.1. The van der Waals surface area contributed by atoms with Crippen molar-refractivity contribution in [3.05, 3.63) is 59.9 Å². The molecule has 3 aromatic rings. The first-order valence-electron chi connectivity index (χ1n) is 10.3. The van der Waals surface area contributed by atoms with Crippen molar-refractivity contribution in [3.8, 4) is 5.75 Å². The van der Waals surface area contributed by atoms with E-state index in [1.54, 1.807) is 7.05 Å². The highest BCUT2D eigenvalue weighted by Crippen LogP contribution is 2.30. The molecule has 152 valence electrons. The standard InChI is InChI=1S/C23H29N5O/c1-17-27-20-8-4-5-9-21(20)28(17)14-13-25-23(24-2)26-15-19-7-3-6-10-22(19)29-16-18-11-12-18/h3-10,18H,11-16H2,1-2H3,(H2,24,25,26). The molecule has 1 heterocycles. The van der Waals surface area contributed by atoms with Gasteiger partial charge < -0.3 is 19.9 Å². The maximum Gasteiger partial charge on any atom is 0.191 e. The number of guanidine groups is 1. The van der Waals surface area contributed by atoms with E-state index in [9.17, 15) is 0 Å². The summed E-state index contributed by atoms with van der Waals surface area (Å²) in [6, 6.07) is 16.5. The second-order valence-corrected chi connectivity index (χ2v) is 7.51. The minimum atomic E-state index is 0.674. The first-order valence-corrected chi connectivity index (χ1v) is 10.3. The van der Waals surface area contributed by atoms with Crippen LogP contribution in [0.4, 0.5) is 0 Å². The Kier molecular flexibility index (Phi) is 5.98. The topological polar surface area (TPSA) is 63.5 Å². The molecule has 0 aliphatic heterocycles. The van der Waals surface area contributed by atoms with Crippen LogP contribution in [-0.2, 0) is 13.1 Å². The van der Waals surface area contributed by atoms with E-state index in [2.05, 4.69) is 49.4 Å². The van der Waals surface area contributed by atoms with Gasteiger partial charge in [-0.25, -0.2) is 4.98 Å². The Labute approximate surface area is 172 Å². The summed E-state index contributed by atoms with van der Waals surface area (Å²) in [4.78, 5) is 8.98. The van der Waals surface area contributed by atoms with Gasteiger partial charge in [0.2, 0.25) is 0 Å². The Morgan fingerprint density at radius 1 is 1.14 bits per heavy atom. The average molecular weight is 392 g/mol. The van der Waals surface area contributed by atoms with Gasteiger partial charge >= 0.3 is 0 Å². The third-order valence-corrected chi connectivity index (χ3v) is 5.29. The van der Waals surface area contributed by atoms with E-state index in [1.807, 2.05) is 31.2 Å². The third-order valence-electron chi connectivity index (χ3n) is 5.29. The lowest BCUT2D eigenvalue weighted by atomic mass is 10.2. The van der Waals surface area contributed by atoms with Gasteiger partial charge in [0.25, 0.3) is 0 Å². The van der Waals surface area contributed by atoms with Gasteiger partial charge in [0, 0.05) is 32.2 Å². The number of aliphatic imine (C=N–C) groups is 1. The van der Waals surface area contributed by atoms with E-state index in [0.717, 1.165) is 59.7 Å². The molecule has 1 aromatic heterocycles. The lowest BCUT2D eigenvalue weighted by Crippen LogP contribution is -2.38. The quantitative estimate of drug-likeness (QED) is 0.456. The largest absolute Gasteiger partial charge is 0.493 e. The van der Waals surface area contributed by atoms with Gasteiger partial charge in [-0.05, 0) is 43.9 Å². The lowest BCUT2D eigenvalue weighted by Gasteiger charge is -2.15. The molecule has 2 N–H and O–H groups in total. The highest BCUT2D eigenvalue weighted by Gasteiger charge is 2.22. The summed E-state index contributed by atoms with van der Waals surface area (Å²) in [5.74, 6) is 3.51. The maximum atomic E-state index is 6.00. The van der Waals surface area contributed by atoms with Crippen molar-refractivity contribution in [1.82, 2.24) is 20.2 Å². The number of hydrogen-bond donors (Lipinski definition) is 2. The first kappa shape index (κ1) is 19.3. The van der Waals surface area contributed by atoms with Crippen LogP contribution in [0.5, 0.6) is 5.75 Å². The fourth-order valence-corrected chi connectivity index (χ4v) is 3.45. The molecular formula is C23H29N5O. The first-order chi connectivity index (χ1) is 14.2. The van der Waals surface area contributed by atoms with Crippen molar-refractivity contribution < 1.29 is 4.74 Å². The average Bonchev–Trinajstić information content (AvgIpc) is 3.52. The Morgan fingerprint density at radius 3 is 2.76 bits per heavy atom. The number of nitrogens with zero attached hydrogens (tertiary/aromatic N) is 3. The van der Waals surface area contributed by atoms with Crippen molar-refractivity contribution in [2.75, 3.05) is 20.2 Å². The second kappa shape index (κ2) is 8.99. The summed E-state index contributed by atoms with van der Waals surface area (Å²) in [5, 5.41) is 6.79. The van der Waals surface area contributed by atoms with Crippen LogP contribution in [0.25, 0.3) is 11.0 Å². The summed E-state index contributed by atoms with van der Waals surface area (Å²) in [7, 11) is 1.79. The van der Waals surface area contributed by atoms with Crippen LogP contribution in [0.15, 0.2) is 53.5 Å². The summed E-state index contributed by atoms with van der Waals surface area (Å²) in [6.45, 7) is 5.14. The summed E-state index contributed by atoms with van der Waals surface area (Å²) in [5.41, 5.74) is 3.35. The van der Waals surface area contributed by atoms with Crippen molar-refractivity contribution >= 4 is 17.0 Å². The fraction of sp³-hybridized carbons (Fsp3) is 0.391. The minimum Gasteiger partial charge on any atom is -0.493 e. The van der Waals surface area contributed by atoms with Crippen LogP contribution >= 0.6 is 0 Å². The van der Waals surface area contributed by atoms with E-state index in [1.165, 1.54) is 12.8 Å². The third kappa shape index (κ3) is 4.88. The van der Waals surface area contributed by atoms with Crippen molar-refractivity contribution in [1.29, 1.82) is 0 Å². The molecule has 6 heteroatoms. The van der Waals surface area contributed by atoms with E-state index >= 15 is 0 Å². The molecule has 0 saturated heterocycles. The number of aromatic nitrogens is 2. The van der Waals surface area contributed by atoms with Crippen LogP contribution in [0.2, 0.25) is 0 Å². The number of para-hydroxylation sites is 3. The molecule has 0 radical (unpaired) electrons. The number of nitrogens with one attached hydrogen (secondary N) is 2. The second-order valence-electron chi connectivity index (χ2n) is 7.51. The lowest BCUT2D eigenvalue weighted by molar-refractivity contribution is 0.296. The van der Waals surface area contributed by atoms with Crippen LogP contribution < -0.4 is 15.4 Å². The van der Waals surface area contributed by atoms with E-state index in [-0.39, 0.29) is 0 Å². The van der Waals surface area contributed by atoms with Crippen LogP contribution in [-0.4, -0.2) is 35.7 Å². The summed E-state index contributed by atoms with van der Waals surface area (Å²) < 4.78 is 8.23. The van der Waals surface area contributed by atoms with Crippen molar-refractivity contribution in [3.63, 3.8) is 0 Å². The van der Waals surface area contributed by atoms with E-state index < -0.39 is 0 Å². The smallest absolute Gasteiger partial charge is 0.191 e. The molecule has 1 aliphatic carbocycles. The van der Waals surface area contributed by atoms with Gasteiger partial charge in [0.1, 0.15) is 11.6 Å². The van der Waals surface area contributed by atoms with Gasteiger partial charge in [0.05, 0.1) is 17.6 Å². The van der Waals surface area contributed by atoms with Gasteiger partial charge in [-0.3, -0.25) is 4.99 Å². The Morgan fingerprint density at radius 2 is 1.93 bits per heavy atom. The predicted molar refractivity (Wildman–Crippen MR) is 117 cm³/mol. The number of rotatable bonds is 8. The molecule has 1 saturated carbocycles. The molecule has 4 rings (SSSR count). The summed E-state index contributed by atoms with van der Waals surface area (Å²) in [6.07, 6.45) is 2.59. The molecule has 0 spiro atoms. The monoisotopic (exact) mass is 391 g/mol. The fourth-order valence-electron chi connectivity index (χ4n) is 3.45. The zero-order valence-corrected chi connectivity index (χ0v) is 17.2. The number of imidazole rings is 1. The molecule has 0 unspecified atom stereocenters. The van der Waals surface area contributed by atoms with Gasteiger partial charge in [-0.2, -0.15) is 0 Å². The Balaban J connectivity index is 1.30. The van der Waals surface area contributed by atoms with E-state index in [0.29, 0.717) is 6.54 Å². The predicted octanol–water partition coefficient (Wildman–Crippen LogP) is 3.50. The highest BCUT2D eigenvalue weighted by molar-refractivity contribution is 5.79. The molecule has 0 atom stereocenters. The maximum absolute atomic E-state index is 6.00. The SMILES string of the molecule is CN=C(NCCn1c(C)nc2ccccc21)NCc1ccccc1OCC1CC1. The number of hydrogen-bond acceptors (Lipinski definition) is 3. The number of ether oxygens (including phenoxy) is 1. The van der Waals surface area contributed by atoms with E-state index in [4.69, 9.17) is 4.74 Å². The van der Waals surface area contributed by atoms with Crippen molar-refractivity contribution in [2.45, 2.75) is 32.9 Å². The molecule has 6 nitrogen and oxygen atoms in total. The highest BCUT2D eigenvalue weighted by atomic mass is 16.5. The number of fused-ring (bicyclic) bond motifs is 1. The molecule has 1 fully saturated rings. The zero-order valence-electron chi connectivity index (χ0n) is 17.2. The van der Waals surface area contributed by atoms with Crippen LogP contribution in [0.3, 0.4) is 0 Å². The van der Waals surface area contributed by atoms with Gasteiger partial charge in [-0.15, -0.1) is 0 Å². The Hall–Kier alpha value is -3.02. The summed E-state index contributed by atoms with van der Waals surface area (Å²) >= 11 is 0. The molecule has 0 bridgehead atoms. The van der Waals surface area contributed by atoms with Crippen LogP contribution in [0.1, 0.15) is 24.2 Å². The number of benzene rings is 2. The van der Waals surface area contributed by atoms with Gasteiger partial charge in [0.15, 0.2) is 5.96 Å². The minimum absolute atomic E-state index is 0.674. The van der Waals surface area contributed by atoms with Crippen molar-refractivity contribution in [2.24, 2.45) is 10.9 Å². The van der Waals surface area contributed by atoms with Gasteiger partial charge in [-0.1, -0.05) is 30.3 Å². The number of aryl methyl sites for hydroxylation is 1. The van der Waals surface area contributed by atoms with Crippen LogP contribution in [0, 0.1) is 12.8 Å². The molecule has 2 aromatic carbocycles. The molecule has 29 heavy (non-hydrogen) atoms. The molecule has 1 aliphatic rings. The molecular weight excluding hydrogens is 362 g/mol.